The molecule has 0 aliphatic carbocycles. The zero-order valence-electron chi connectivity index (χ0n) is 8.72. The van der Waals surface area contributed by atoms with Gasteiger partial charge in [0.2, 0.25) is 0 Å². The van der Waals surface area contributed by atoms with Gasteiger partial charge in [0.1, 0.15) is 5.82 Å². The third-order valence-electron chi connectivity index (χ3n) is 2.21. The minimum Gasteiger partial charge on any atom is -0.346 e. The molecule has 0 fully saturated rings. The summed E-state index contributed by atoms with van der Waals surface area (Å²) in [7, 11) is 0. The van der Waals surface area contributed by atoms with Crippen LogP contribution in [-0.2, 0) is 12.8 Å². The third-order valence-corrected chi connectivity index (χ3v) is 2.21. The topological polar surface area (TPSA) is 54.7 Å². The molecule has 0 saturated carbocycles. The van der Waals surface area contributed by atoms with Crippen LogP contribution in [0.3, 0.4) is 0 Å². The van der Waals surface area contributed by atoms with E-state index >= 15 is 0 Å². The lowest BCUT2D eigenvalue weighted by molar-refractivity contribution is 0.650. The molecule has 13 heavy (non-hydrogen) atoms. The van der Waals surface area contributed by atoms with E-state index in [1.165, 1.54) is 11.4 Å². The SMILES string of the molecule is CCc1nc(CCC(C)N)[nH]c1C. The van der Waals surface area contributed by atoms with Crippen LogP contribution in [0.15, 0.2) is 0 Å². The van der Waals surface area contributed by atoms with Crippen LogP contribution in [0.25, 0.3) is 0 Å². The summed E-state index contributed by atoms with van der Waals surface area (Å²) in [5.74, 6) is 1.08. The van der Waals surface area contributed by atoms with E-state index in [4.69, 9.17) is 5.73 Å². The molecule has 1 aromatic heterocycles. The lowest BCUT2D eigenvalue weighted by Crippen LogP contribution is -2.15. The number of hydrogen-bond donors (Lipinski definition) is 2. The zero-order chi connectivity index (χ0) is 9.84. The smallest absolute Gasteiger partial charge is 0.106 e. The van der Waals surface area contributed by atoms with Crippen molar-refractivity contribution in [3.63, 3.8) is 0 Å². The minimum absolute atomic E-state index is 0.260. The number of aryl methyl sites for hydroxylation is 3. The molecule has 1 heterocycles. The molecular formula is C10H19N3. The van der Waals surface area contributed by atoms with Gasteiger partial charge in [-0.15, -0.1) is 0 Å². The first kappa shape index (κ1) is 10.3. The highest BCUT2D eigenvalue weighted by atomic mass is 14.9. The molecule has 3 nitrogen and oxygen atoms in total. The van der Waals surface area contributed by atoms with E-state index in [1.54, 1.807) is 0 Å². The van der Waals surface area contributed by atoms with Crippen LogP contribution in [-0.4, -0.2) is 16.0 Å². The first-order chi connectivity index (χ1) is 6.13. The van der Waals surface area contributed by atoms with Gasteiger partial charge in [0.05, 0.1) is 5.69 Å². The van der Waals surface area contributed by atoms with Crippen LogP contribution in [0, 0.1) is 6.92 Å². The van der Waals surface area contributed by atoms with E-state index in [0.717, 1.165) is 25.1 Å². The van der Waals surface area contributed by atoms with E-state index in [-0.39, 0.29) is 6.04 Å². The van der Waals surface area contributed by atoms with Crippen molar-refractivity contribution in [3.8, 4) is 0 Å². The summed E-state index contributed by atoms with van der Waals surface area (Å²) in [5, 5.41) is 0. The largest absolute Gasteiger partial charge is 0.346 e. The maximum atomic E-state index is 5.68. The Bertz CT molecular complexity index is 263. The lowest BCUT2D eigenvalue weighted by Gasteiger charge is -2.00. The number of nitrogens with two attached hydrogens (primary N) is 1. The second kappa shape index (κ2) is 4.42. The molecule has 1 atom stereocenters. The number of imidazole rings is 1. The fourth-order valence-electron chi connectivity index (χ4n) is 1.39. The maximum Gasteiger partial charge on any atom is 0.106 e. The van der Waals surface area contributed by atoms with Gasteiger partial charge in [-0.3, -0.25) is 0 Å². The van der Waals surface area contributed by atoms with Gasteiger partial charge in [0.25, 0.3) is 0 Å². The Kier molecular flexibility index (Phi) is 3.48. The van der Waals surface area contributed by atoms with Gasteiger partial charge in [-0.2, -0.15) is 0 Å². The summed E-state index contributed by atoms with van der Waals surface area (Å²) in [6, 6.07) is 0.260. The predicted molar refractivity (Wildman–Crippen MR) is 54.7 cm³/mol. The Morgan fingerprint density at radius 2 is 2.23 bits per heavy atom. The van der Waals surface area contributed by atoms with Gasteiger partial charge in [0.15, 0.2) is 0 Å². The van der Waals surface area contributed by atoms with Gasteiger partial charge < -0.3 is 10.7 Å². The lowest BCUT2D eigenvalue weighted by atomic mass is 10.2. The van der Waals surface area contributed by atoms with E-state index in [1.807, 2.05) is 6.92 Å². The monoisotopic (exact) mass is 181 g/mol. The highest BCUT2D eigenvalue weighted by Gasteiger charge is 2.04. The molecule has 0 bridgehead atoms. The van der Waals surface area contributed by atoms with Crippen molar-refractivity contribution in [1.29, 1.82) is 0 Å². The standard InChI is InChI=1S/C10H19N3/c1-4-9-8(3)12-10(13-9)6-5-7(2)11/h7H,4-6,11H2,1-3H3,(H,12,13). The Labute approximate surface area is 79.8 Å². The fourth-order valence-corrected chi connectivity index (χ4v) is 1.39. The number of nitrogens with one attached hydrogen (secondary N) is 1. The third kappa shape index (κ3) is 2.84. The van der Waals surface area contributed by atoms with Crippen molar-refractivity contribution < 1.29 is 0 Å². The maximum absolute atomic E-state index is 5.68. The normalized spacial score (nSPS) is 13.2. The van der Waals surface area contributed by atoms with Crippen LogP contribution in [0.2, 0.25) is 0 Å². The number of aromatic amines is 1. The molecule has 74 valence electrons. The highest BCUT2D eigenvalue weighted by Crippen LogP contribution is 2.07. The Morgan fingerprint density at radius 1 is 1.54 bits per heavy atom. The van der Waals surface area contributed by atoms with Crippen molar-refractivity contribution in [3.05, 3.63) is 17.2 Å². The van der Waals surface area contributed by atoms with E-state index < -0.39 is 0 Å². The number of rotatable bonds is 4. The van der Waals surface area contributed by atoms with E-state index in [0.29, 0.717) is 0 Å². The Morgan fingerprint density at radius 3 is 2.69 bits per heavy atom. The van der Waals surface area contributed by atoms with Gasteiger partial charge in [0, 0.05) is 18.2 Å². The molecule has 1 unspecified atom stereocenters. The first-order valence-corrected chi connectivity index (χ1v) is 4.93. The van der Waals surface area contributed by atoms with Crippen LogP contribution in [0.5, 0.6) is 0 Å². The molecule has 0 amide bonds. The number of hydrogen-bond acceptors (Lipinski definition) is 2. The van der Waals surface area contributed by atoms with Crippen molar-refractivity contribution in [2.24, 2.45) is 5.73 Å². The van der Waals surface area contributed by atoms with Crippen molar-refractivity contribution >= 4 is 0 Å². The molecular weight excluding hydrogens is 162 g/mol. The van der Waals surface area contributed by atoms with Crippen LogP contribution in [0.1, 0.15) is 37.5 Å². The average molecular weight is 181 g/mol. The second-order valence-electron chi connectivity index (χ2n) is 3.62. The Hall–Kier alpha value is -0.830. The summed E-state index contributed by atoms with van der Waals surface area (Å²) in [5.41, 5.74) is 8.05. The summed E-state index contributed by atoms with van der Waals surface area (Å²) in [6.07, 6.45) is 2.95. The molecule has 0 aliphatic rings. The van der Waals surface area contributed by atoms with Gasteiger partial charge >= 0.3 is 0 Å². The molecule has 3 N–H and O–H groups in total. The quantitative estimate of drug-likeness (QED) is 0.740. The molecule has 0 radical (unpaired) electrons. The van der Waals surface area contributed by atoms with Gasteiger partial charge in [-0.05, 0) is 26.7 Å². The summed E-state index contributed by atoms with van der Waals surface area (Å²) < 4.78 is 0. The molecule has 1 aromatic rings. The molecule has 0 aromatic carbocycles. The molecule has 0 spiro atoms. The second-order valence-corrected chi connectivity index (χ2v) is 3.62. The fraction of sp³-hybridized carbons (Fsp3) is 0.700. The summed E-state index contributed by atoms with van der Waals surface area (Å²) in [6.45, 7) is 6.22. The van der Waals surface area contributed by atoms with Crippen LogP contribution in [0.4, 0.5) is 0 Å². The first-order valence-electron chi connectivity index (χ1n) is 4.93. The molecule has 1 rings (SSSR count). The number of H-pyrrole nitrogens is 1. The van der Waals surface area contributed by atoms with Gasteiger partial charge in [-0.25, -0.2) is 4.98 Å². The average Bonchev–Trinajstić information content (AvgIpc) is 2.43. The Balaban J connectivity index is 2.57. The van der Waals surface area contributed by atoms with Crippen LogP contribution >= 0.6 is 0 Å². The van der Waals surface area contributed by atoms with Crippen molar-refractivity contribution in [1.82, 2.24) is 9.97 Å². The number of aromatic nitrogens is 2. The zero-order valence-corrected chi connectivity index (χ0v) is 8.72. The van der Waals surface area contributed by atoms with Crippen molar-refractivity contribution in [2.75, 3.05) is 0 Å². The highest BCUT2D eigenvalue weighted by molar-refractivity contribution is 5.12. The minimum atomic E-state index is 0.260. The number of nitrogens with zero attached hydrogens (tertiary/aromatic N) is 1. The van der Waals surface area contributed by atoms with Gasteiger partial charge in [-0.1, -0.05) is 6.92 Å². The summed E-state index contributed by atoms with van der Waals surface area (Å²) >= 11 is 0. The van der Waals surface area contributed by atoms with Crippen LogP contribution < -0.4 is 5.73 Å². The van der Waals surface area contributed by atoms with E-state index in [2.05, 4.69) is 23.8 Å². The van der Waals surface area contributed by atoms with Crippen molar-refractivity contribution in [2.45, 2.75) is 46.1 Å². The molecule has 0 saturated heterocycles. The predicted octanol–water partition coefficient (Wildman–Crippen LogP) is 1.56. The van der Waals surface area contributed by atoms with E-state index in [9.17, 15) is 0 Å². The summed E-state index contributed by atoms with van der Waals surface area (Å²) in [4.78, 5) is 7.77. The molecule has 3 heteroatoms. The molecule has 0 aliphatic heterocycles.